The summed E-state index contributed by atoms with van der Waals surface area (Å²) < 4.78 is 17.1. The van der Waals surface area contributed by atoms with E-state index < -0.39 is 73.7 Å². The zero-order valence-corrected chi connectivity index (χ0v) is 44.7. The van der Waals surface area contributed by atoms with Crippen LogP contribution in [0.5, 0.6) is 0 Å². The van der Waals surface area contributed by atoms with Gasteiger partial charge in [-0.3, -0.25) is 24.1 Å². The van der Waals surface area contributed by atoms with Gasteiger partial charge in [0.15, 0.2) is 0 Å². The number of nitrogens with zero attached hydrogens (tertiary/aromatic N) is 1. The zero-order chi connectivity index (χ0) is 52.8. The van der Waals surface area contributed by atoms with Crippen LogP contribution >= 0.6 is 0 Å². The quantitative estimate of drug-likeness (QED) is 0.0209. The fraction of sp³-hybridized carbons (Fsp3) is 0.707. The Labute approximate surface area is 437 Å². The molecule has 0 radical (unpaired) electrons. The molecule has 1 aliphatic rings. The van der Waals surface area contributed by atoms with Crippen molar-refractivity contribution in [2.24, 2.45) is 0 Å². The highest BCUT2D eigenvalue weighted by molar-refractivity contribution is 5.90. The minimum atomic E-state index is -1.97. The van der Waals surface area contributed by atoms with Gasteiger partial charge < -0.3 is 45.5 Å². The first-order chi connectivity index (χ1) is 35.5. The Bertz CT molecular complexity index is 1790. The number of unbranched alkanes of at least 4 members (excludes halogenated alkanes) is 23. The average Bonchev–Trinajstić information content (AvgIpc) is 3.39. The molecule has 6 N–H and O–H groups in total. The molecule has 2 aromatic carbocycles. The molecule has 1 aliphatic heterocycles. The van der Waals surface area contributed by atoms with Crippen LogP contribution in [0.2, 0.25) is 0 Å². The highest BCUT2D eigenvalue weighted by Crippen LogP contribution is 2.32. The molecular weight excluding hydrogens is 929 g/mol. The van der Waals surface area contributed by atoms with Gasteiger partial charge in [-0.25, -0.2) is 4.79 Å². The Kier molecular flexibility index (Phi) is 33.4. The van der Waals surface area contributed by atoms with E-state index in [-0.39, 0.29) is 44.9 Å². The van der Waals surface area contributed by atoms with E-state index in [0.29, 0.717) is 12.8 Å². The smallest absolute Gasteiger partial charge is 0.408 e. The maximum absolute atomic E-state index is 14.4. The number of carbonyl (C=O) groups is 5. The Morgan fingerprint density at radius 2 is 1.11 bits per heavy atom. The maximum atomic E-state index is 14.4. The van der Waals surface area contributed by atoms with Gasteiger partial charge in [-0.15, -0.1) is 0 Å². The Morgan fingerprint density at radius 1 is 0.644 bits per heavy atom. The van der Waals surface area contributed by atoms with E-state index in [9.17, 15) is 39.3 Å². The summed E-state index contributed by atoms with van der Waals surface area (Å²) in [5.41, 5.74) is 1.50. The molecule has 0 unspecified atom stereocenters. The number of nitrogens with one attached hydrogen (secondary N) is 3. The number of alkyl carbamates (subject to hydrolysis) is 1. The number of benzene rings is 2. The monoisotopic (exact) mass is 1020 g/mol. The maximum Gasteiger partial charge on any atom is 0.408 e. The first kappa shape index (κ1) is 62.7. The van der Waals surface area contributed by atoms with Gasteiger partial charge in [0.1, 0.15) is 31.5 Å². The molecular formula is C58H94N4O11. The van der Waals surface area contributed by atoms with Crippen molar-refractivity contribution in [3.8, 4) is 0 Å². The molecule has 412 valence electrons. The van der Waals surface area contributed by atoms with Crippen LogP contribution in [0.15, 0.2) is 60.7 Å². The predicted molar refractivity (Wildman–Crippen MR) is 285 cm³/mol. The largest absolute Gasteiger partial charge is 0.461 e. The third-order valence-corrected chi connectivity index (χ3v) is 13.7. The van der Waals surface area contributed by atoms with Crippen molar-refractivity contribution in [2.45, 2.75) is 243 Å². The minimum Gasteiger partial charge on any atom is -0.461 e. The molecule has 1 saturated heterocycles. The zero-order valence-electron chi connectivity index (χ0n) is 44.7. The normalized spacial score (nSPS) is 17.8. The van der Waals surface area contributed by atoms with Gasteiger partial charge in [-0.2, -0.15) is 0 Å². The predicted octanol–water partition coefficient (Wildman–Crippen LogP) is 10.2. The van der Waals surface area contributed by atoms with Crippen LogP contribution in [-0.4, -0.2) is 99.9 Å². The van der Waals surface area contributed by atoms with Crippen molar-refractivity contribution < 1.29 is 53.5 Å². The van der Waals surface area contributed by atoms with Crippen molar-refractivity contribution in [3.05, 3.63) is 71.8 Å². The summed E-state index contributed by atoms with van der Waals surface area (Å²) >= 11 is 0. The minimum absolute atomic E-state index is 0.0220. The lowest BCUT2D eigenvalue weighted by Crippen LogP contribution is -2.72. The summed E-state index contributed by atoms with van der Waals surface area (Å²) in [5.74, 6) is -4.47. The van der Waals surface area contributed by atoms with Gasteiger partial charge in [-0.1, -0.05) is 222 Å². The van der Waals surface area contributed by atoms with E-state index >= 15 is 0 Å². The molecule has 4 amide bonds. The Balaban J connectivity index is 1.69. The summed E-state index contributed by atoms with van der Waals surface area (Å²) in [6.07, 6.45) is 22.5. The number of rotatable bonds is 41. The number of hydrogen-bond donors (Lipinski definition) is 6. The van der Waals surface area contributed by atoms with Gasteiger partial charge in [-0.05, 0) is 30.4 Å². The lowest BCUT2D eigenvalue weighted by Gasteiger charge is -2.50. The first-order valence-corrected chi connectivity index (χ1v) is 28.2. The molecule has 73 heavy (non-hydrogen) atoms. The molecule has 2 aromatic rings. The second kappa shape index (κ2) is 38.9. The highest BCUT2D eigenvalue weighted by atomic mass is 16.6. The van der Waals surface area contributed by atoms with Gasteiger partial charge in [0.25, 0.3) is 0 Å². The van der Waals surface area contributed by atoms with Crippen LogP contribution in [0, 0.1) is 0 Å². The molecule has 0 bridgehead atoms. The molecule has 0 spiro atoms. The first-order valence-electron chi connectivity index (χ1n) is 28.2. The van der Waals surface area contributed by atoms with Crippen molar-refractivity contribution >= 4 is 29.8 Å². The molecule has 1 heterocycles. The molecule has 3 rings (SSSR count). The topological polar surface area (TPSA) is 213 Å². The van der Waals surface area contributed by atoms with Crippen LogP contribution in [0.4, 0.5) is 4.79 Å². The molecule has 0 aliphatic carbocycles. The number of hydrogen-bond acceptors (Lipinski definition) is 11. The van der Waals surface area contributed by atoms with Crippen molar-refractivity contribution in [2.75, 3.05) is 19.7 Å². The summed E-state index contributed by atoms with van der Waals surface area (Å²) in [6.45, 7) is 3.22. The second-order valence-corrected chi connectivity index (χ2v) is 20.0. The highest BCUT2D eigenvalue weighted by Gasteiger charge is 2.52. The lowest BCUT2D eigenvalue weighted by atomic mass is 9.96. The van der Waals surface area contributed by atoms with E-state index in [1.54, 1.807) is 24.3 Å². The van der Waals surface area contributed by atoms with E-state index in [0.717, 1.165) is 62.5 Å². The fourth-order valence-electron chi connectivity index (χ4n) is 9.33. The van der Waals surface area contributed by atoms with Crippen LogP contribution in [0.25, 0.3) is 0 Å². The van der Waals surface area contributed by atoms with Crippen molar-refractivity contribution in [1.29, 1.82) is 0 Å². The standard InChI is InChI=1S/C58H94N4O11/c1-3-5-7-9-11-13-14-15-16-17-18-19-21-23-25-33-41-62(53(66)38-32-24-22-20-12-10-8-6-4-2)58(42-50(64)55(68)51(44-63)73-58)61-52(65)43-59-56(69)49(60-57(70)72-46-48-36-30-27-31-37-48)39-40-54(67)71-45-47-34-28-26-29-35-47/h26-31,34-37,49-51,55,63-64,68H,3-25,32-33,38-46H2,1-2H3,(H,59,69)(H,60,70)(H,61,65)/t49-,50+,51+,55-,58-/m0/s1. The Morgan fingerprint density at radius 3 is 1.60 bits per heavy atom. The van der Waals surface area contributed by atoms with Gasteiger partial charge in [0.2, 0.25) is 23.6 Å². The molecule has 5 atom stereocenters. The van der Waals surface area contributed by atoms with Crippen molar-refractivity contribution in [1.82, 2.24) is 20.9 Å². The molecule has 0 saturated carbocycles. The third-order valence-electron chi connectivity index (χ3n) is 13.7. The Hall–Kier alpha value is -4.57. The SMILES string of the molecule is CCCCCCCCCCCCCCCCCCN(C(=O)CCCCCCCCCCC)[C@@]1(NC(=O)CNC(=O)[C@H](CCC(=O)OCc2ccccc2)NC(=O)OCc2ccccc2)C[C@@H](O)[C@H](O)[C@@H](CO)O1. The fourth-order valence-corrected chi connectivity index (χ4v) is 9.33. The molecule has 15 heteroatoms. The summed E-state index contributed by atoms with van der Waals surface area (Å²) in [7, 11) is 0. The number of amides is 4. The van der Waals surface area contributed by atoms with E-state index in [2.05, 4.69) is 29.8 Å². The second-order valence-electron chi connectivity index (χ2n) is 20.0. The summed E-state index contributed by atoms with van der Waals surface area (Å²) in [6, 6.07) is 16.7. The van der Waals surface area contributed by atoms with Crippen LogP contribution in [0.1, 0.15) is 211 Å². The third kappa shape index (κ3) is 27.0. The van der Waals surface area contributed by atoms with Gasteiger partial charge >= 0.3 is 12.1 Å². The molecule has 0 aromatic heterocycles. The van der Waals surface area contributed by atoms with Gasteiger partial charge in [0.05, 0.1) is 19.3 Å². The van der Waals surface area contributed by atoms with E-state index in [1.807, 2.05) is 36.4 Å². The van der Waals surface area contributed by atoms with Crippen LogP contribution in [-0.2, 0) is 46.6 Å². The number of carbonyl (C=O) groups excluding carboxylic acids is 5. The van der Waals surface area contributed by atoms with Crippen LogP contribution < -0.4 is 16.0 Å². The number of esters is 1. The van der Waals surface area contributed by atoms with Crippen LogP contribution in [0.3, 0.4) is 0 Å². The molecule has 1 fully saturated rings. The lowest BCUT2D eigenvalue weighted by molar-refractivity contribution is -0.280. The van der Waals surface area contributed by atoms with E-state index in [1.165, 1.54) is 101 Å². The number of aliphatic hydroxyl groups is 3. The molecule has 15 nitrogen and oxygen atoms in total. The summed E-state index contributed by atoms with van der Waals surface area (Å²) in [5, 5.41) is 40.2. The summed E-state index contributed by atoms with van der Waals surface area (Å²) in [4.78, 5) is 69.4. The van der Waals surface area contributed by atoms with E-state index in [4.69, 9.17) is 14.2 Å². The average molecular weight is 1020 g/mol. The van der Waals surface area contributed by atoms with Gasteiger partial charge in [0, 0.05) is 25.8 Å². The number of aliphatic hydroxyl groups excluding tert-OH is 3. The number of ether oxygens (including phenoxy) is 3. The van der Waals surface area contributed by atoms with Crippen molar-refractivity contribution in [3.63, 3.8) is 0 Å².